The van der Waals surface area contributed by atoms with E-state index in [0.717, 1.165) is 5.92 Å². The summed E-state index contributed by atoms with van der Waals surface area (Å²) in [6, 6.07) is 0. The van der Waals surface area contributed by atoms with Crippen LogP contribution >= 0.6 is 0 Å². The molecular formula is C15H32O2. The summed E-state index contributed by atoms with van der Waals surface area (Å²) >= 11 is 0. The Morgan fingerprint density at radius 2 is 1.65 bits per heavy atom. The summed E-state index contributed by atoms with van der Waals surface area (Å²) in [6.45, 7) is 9.64. The Labute approximate surface area is 108 Å². The van der Waals surface area contributed by atoms with E-state index in [0.29, 0.717) is 12.0 Å². The van der Waals surface area contributed by atoms with Crippen LogP contribution < -0.4 is 0 Å². The summed E-state index contributed by atoms with van der Waals surface area (Å²) in [7, 11) is 1.49. The summed E-state index contributed by atoms with van der Waals surface area (Å²) in [5, 5.41) is 0. The van der Waals surface area contributed by atoms with E-state index in [1.807, 2.05) is 6.92 Å². The number of rotatable bonds is 5. The third-order valence-corrected chi connectivity index (χ3v) is 3.76. The van der Waals surface area contributed by atoms with Crippen molar-refractivity contribution in [3.05, 3.63) is 0 Å². The van der Waals surface area contributed by atoms with Crippen LogP contribution in [-0.4, -0.2) is 13.7 Å². The Morgan fingerprint density at radius 1 is 1.06 bits per heavy atom. The van der Waals surface area contributed by atoms with Crippen molar-refractivity contribution in [3.63, 3.8) is 0 Å². The molecule has 1 fully saturated rings. The van der Waals surface area contributed by atoms with Crippen molar-refractivity contribution in [1.29, 1.82) is 0 Å². The van der Waals surface area contributed by atoms with Gasteiger partial charge in [0.15, 0.2) is 0 Å². The lowest BCUT2D eigenvalue weighted by Gasteiger charge is -2.30. The molecule has 0 N–H and O–H groups in total. The van der Waals surface area contributed by atoms with Crippen LogP contribution in [0.25, 0.3) is 0 Å². The van der Waals surface area contributed by atoms with Gasteiger partial charge in [-0.05, 0) is 24.7 Å². The molecule has 2 heteroatoms. The molecule has 0 radical (unpaired) electrons. The first-order valence-corrected chi connectivity index (χ1v) is 7.21. The van der Waals surface area contributed by atoms with Gasteiger partial charge in [-0.1, -0.05) is 59.3 Å². The molecule has 1 aliphatic rings. The molecule has 1 saturated carbocycles. The fourth-order valence-corrected chi connectivity index (χ4v) is 2.43. The van der Waals surface area contributed by atoms with Crippen LogP contribution in [0.2, 0.25) is 0 Å². The second-order valence-corrected chi connectivity index (χ2v) is 5.80. The van der Waals surface area contributed by atoms with Crippen LogP contribution in [0.3, 0.4) is 0 Å². The van der Waals surface area contributed by atoms with E-state index in [1.54, 1.807) is 0 Å². The minimum absolute atomic E-state index is 0.599. The lowest BCUT2D eigenvalue weighted by Crippen LogP contribution is -2.18. The molecule has 0 bridgehead atoms. The van der Waals surface area contributed by atoms with Gasteiger partial charge >= 0.3 is 0 Å². The van der Waals surface area contributed by atoms with E-state index < -0.39 is 0 Å². The largest absolute Gasteiger partial charge is 0.240 e. The van der Waals surface area contributed by atoms with Crippen molar-refractivity contribution in [3.8, 4) is 0 Å². The zero-order valence-electron chi connectivity index (χ0n) is 12.6. The van der Waals surface area contributed by atoms with Crippen molar-refractivity contribution >= 4 is 0 Å². The van der Waals surface area contributed by atoms with Crippen LogP contribution in [0.15, 0.2) is 0 Å². The molecule has 17 heavy (non-hydrogen) atoms. The van der Waals surface area contributed by atoms with Crippen LogP contribution in [0.4, 0.5) is 0 Å². The maximum absolute atomic E-state index is 4.33. The average molecular weight is 244 g/mol. The van der Waals surface area contributed by atoms with Gasteiger partial charge in [-0.25, -0.2) is 9.78 Å². The standard InChI is InChI=1S/C12H24.C3H8O2/c1-4-12(2,3)10-11-8-6-5-7-9-11;1-3-5-4-2/h11H,4-10H2,1-3H3;3H2,1-2H3. The normalized spacial score (nSPS) is 17.5. The van der Waals surface area contributed by atoms with Gasteiger partial charge in [-0.2, -0.15) is 0 Å². The van der Waals surface area contributed by atoms with E-state index in [2.05, 4.69) is 30.5 Å². The van der Waals surface area contributed by atoms with Gasteiger partial charge in [0.2, 0.25) is 0 Å². The molecule has 0 aromatic carbocycles. The number of hydrogen-bond acceptors (Lipinski definition) is 2. The molecule has 2 nitrogen and oxygen atoms in total. The van der Waals surface area contributed by atoms with Gasteiger partial charge in [0.25, 0.3) is 0 Å². The molecule has 0 aliphatic heterocycles. The third-order valence-electron chi connectivity index (χ3n) is 3.76. The Bertz CT molecular complexity index is 158. The zero-order valence-corrected chi connectivity index (χ0v) is 12.6. The molecular weight excluding hydrogens is 212 g/mol. The fourth-order valence-electron chi connectivity index (χ4n) is 2.43. The Balaban J connectivity index is 0.000000437. The first-order valence-electron chi connectivity index (χ1n) is 7.21. The molecule has 0 atom stereocenters. The number of hydrogen-bond donors (Lipinski definition) is 0. The van der Waals surface area contributed by atoms with Crippen LogP contribution in [-0.2, 0) is 9.78 Å². The molecule has 104 valence electrons. The maximum Gasteiger partial charge on any atom is 0.0794 e. The molecule has 1 rings (SSSR count). The topological polar surface area (TPSA) is 18.5 Å². The Hall–Kier alpha value is -0.0800. The van der Waals surface area contributed by atoms with Crippen molar-refractivity contribution in [2.24, 2.45) is 11.3 Å². The molecule has 0 unspecified atom stereocenters. The minimum atomic E-state index is 0.599. The van der Waals surface area contributed by atoms with Crippen molar-refractivity contribution in [1.82, 2.24) is 0 Å². The highest BCUT2D eigenvalue weighted by atomic mass is 17.2. The van der Waals surface area contributed by atoms with E-state index in [1.165, 1.54) is 52.1 Å². The fraction of sp³-hybridized carbons (Fsp3) is 1.00. The predicted molar refractivity (Wildman–Crippen MR) is 73.9 cm³/mol. The van der Waals surface area contributed by atoms with E-state index in [9.17, 15) is 0 Å². The van der Waals surface area contributed by atoms with Gasteiger partial charge in [-0.3, -0.25) is 0 Å². The van der Waals surface area contributed by atoms with Gasteiger partial charge < -0.3 is 0 Å². The molecule has 0 aromatic rings. The lowest BCUT2D eigenvalue weighted by atomic mass is 9.75. The van der Waals surface area contributed by atoms with Crippen molar-refractivity contribution < 1.29 is 9.78 Å². The van der Waals surface area contributed by atoms with Crippen molar-refractivity contribution in [2.45, 2.75) is 72.6 Å². The molecule has 0 aromatic heterocycles. The first-order chi connectivity index (χ1) is 8.05. The average Bonchev–Trinajstić information content (AvgIpc) is 2.32. The smallest absolute Gasteiger partial charge is 0.0794 e. The van der Waals surface area contributed by atoms with Crippen LogP contribution in [0.1, 0.15) is 72.6 Å². The molecule has 0 heterocycles. The lowest BCUT2D eigenvalue weighted by molar-refractivity contribution is -0.268. The SMILES string of the molecule is CCC(C)(C)CC1CCCCC1.CCOOC. The van der Waals surface area contributed by atoms with Crippen LogP contribution in [0.5, 0.6) is 0 Å². The quantitative estimate of drug-likeness (QED) is 0.502. The van der Waals surface area contributed by atoms with Crippen LogP contribution in [0, 0.1) is 11.3 Å². The summed E-state index contributed by atoms with van der Waals surface area (Å²) in [5.74, 6) is 1.05. The van der Waals surface area contributed by atoms with E-state index >= 15 is 0 Å². The minimum Gasteiger partial charge on any atom is -0.240 e. The molecule has 0 saturated heterocycles. The zero-order chi connectivity index (χ0) is 13.1. The summed E-state index contributed by atoms with van der Waals surface area (Å²) in [4.78, 5) is 8.52. The summed E-state index contributed by atoms with van der Waals surface area (Å²) < 4.78 is 0. The summed E-state index contributed by atoms with van der Waals surface area (Å²) in [5.41, 5.74) is 0.599. The van der Waals surface area contributed by atoms with Gasteiger partial charge in [0, 0.05) is 0 Å². The molecule has 1 aliphatic carbocycles. The summed E-state index contributed by atoms with van der Waals surface area (Å²) in [6.07, 6.45) is 10.3. The maximum atomic E-state index is 4.33. The predicted octanol–water partition coefficient (Wildman–Crippen LogP) is 4.98. The molecule has 0 spiro atoms. The first kappa shape index (κ1) is 16.9. The van der Waals surface area contributed by atoms with Gasteiger partial charge in [0.1, 0.15) is 0 Å². The monoisotopic (exact) mass is 244 g/mol. The highest BCUT2D eigenvalue weighted by molar-refractivity contribution is 4.74. The third kappa shape index (κ3) is 9.61. The Morgan fingerprint density at radius 3 is 2.00 bits per heavy atom. The second kappa shape index (κ2) is 9.90. The van der Waals surface area contributed by atoms with E-state index in [-0.39, 0.29) is 0 Å². The van der Waals surface area contributed by atoms with Gasteiger partial charge in [-0.15, -0.1) is 0 Å². The van der Waals surface area contributed by atoms with E-state index in [4.69, 9.17) is 0 Å². The van der Waals surface area contributed by atoms with Gasteiger partial charge in [0.05, 0.1) is 13.7 Å². The second-order valence-electron chi connectivity index (χ2n) is 5.80. The Kier molecular flexibility index (Phi) is 9.85. The van der Waals surface area contributed by atoms with Crippen molar-refractivity contribution in [2.75, 3.05) is 13.7 Å². The highest BCUT2D eigenvalue weighted by Crippen LogP contribution is 2.36. The molecule has 0 amide bonds. The highest BCUT2D eigenvalue weighted by Gasteiger charge is 2.22.